The van der Waals surface area contributed by atoms with E-state index in [1.54, 1.807) is 24.4 Å². The molecule has 3 heterocycles. The van der Waals surface area contributed by atoms with Gasteiger partial charge in [0.2, 0.25) is 0 Å². The van der Waals surface area contributed by atoms with Gasteiger partial charge in [-0.3, -0.25) is 10.3 Å². The van der Waals surface area contributed by atoms with Crippen molar-refractivity contribution in [3.63, 3.8) is 0 Å². The molecule has 1 aliphatic heterocycles. The van der Waals surface area contributed by atoms with E-state index in [4.69, 9.17) is 4.74 Å². The number of nitrogens with zero attached hydrogens (tertiary/aromatic N) is 2. The highest BCUT2D eigenvalue weighted by atomic mass is 32.1. The summed E-state index contributed by atoms with van der Waals surface area (Å²) < 4.78 is 51.5. The van der Waals surface area contributed by atoms with Crippen LogP contribution in [-0.4, -0.2) is 22.3 Å². The number of benzene rings is 1. The van der Waals surface area contributed by atoms with Gasteiger partial charge in [-0.05, 0) is 47.4 Å². The Hall–Kier alpha value is -2.65. The van der Waals surface area contributed by atoms with Crippen LogP contribution in [0.4, 0.5) is 13.2 Å². The monoisotopic (exact) mass is 407 g/mol. The van der Waals surface area contributed by atoms with Crippen molar-refractivity contribution in [2.75, 3.05) is 6.61 Å². The van der Waals surface area contributed by atoms with Crippen molar-refractivity contribution in [1.82, 2.24) is 14.7 Å². The summed E-state index contributed by atoms with van der Waals surface area (Å²) in [6.07, 6.45) is -2.48. The fourth-order valence-corrected chi connectivity index (χ4v) is 3.87. The highest BCUT2D eigenvalue weighted by Gasteiger charge is 2.41. The number of fused-ring (bicyclic) bond motifs is 1. The molecule has 146 valence electrons. The van der Waals surface area contributed by atoms with Gasteiger partial charge in [0.1, 0.15) is 17.2 Å². The number of rotatable bonds is 5. The summed E-state index contributed by atoms with van der Waals surface area (Å²) in [7, 11) is 0. The highest BCUT2D eigenvalue weighted by molar-refractivity contribution is 7.03. The van der Waals surface area contributed by atoms with Gasteiger partial charge >= 0.3 is 6.36 Å². The summed E-state index contributed by atoms with van der Waals surface area (Å²) in [6, 6.07) is 11.4. The summed E-state index contributed by atoms with van der Waals surface area (Å²) in [5.74, 6) is 0.384. The second kappa shape index (κ2) is 7.40. The minimum atomic E-state index is -4.73. The second-order valence-corrected chi connectivity index (χ2v) is 6.94. The van der Waals surface area contributed by atoms with Gasteiger partial charge < -0.3 is 9.47 Å². The van der Waals surface area contributed by atoms with Crippen molar-refractivity contribution in [3.8, 4) is 11.5 Å². The number of halogens is 3. The first-order valence-electron chi connectivity index (χ1n) is 8.55. The smallest absolute Gasteiger partial charge is 0.491 e. The quantitative estimate of drug-likeness (QED) is 0.685. The highest BCUT2D eigenvalue weighted by Crippen LogP contribution is 2.41. The molecule has 4 rings (SSSR count). The molecule has 0 radical (unpaired) electrons. The van der Waals surface area contributed by atoms with E-state index in [0.29, 0.717) is 31.0 Å². The SMILES string of the molecule is FC(F)(F)Oc1ccc(C2(NCc3ccsn3)CCOc3cccnc32)cc1. The maximum atomic E-state index is 12.5. The van der Waals surface area contributed by atoms with Gasteiger partial charge in [0.05, 0.1) is 17.8 Å². The fourth-order valence-electron chi connectivity index (χ4n) is 3.33. The molecular weight excluding hydrogens is 391 g/mol. The number of aromatic nitrogens is 2. The van der Waals surface area contributed by atoms with E-state index in [-0.39, 0.29) is 5.75 Å². The molecule has 2 aromatic heterocycles. The van der Waals surface area contributed by atoms with Crippen molar-refractivity contribution in [2.24, 2.45) is 0 Å². The number of alkyl halides is 3. The molecule has 1 N–H and O–H groups in total. The van der Waals surface area contributed by atoms with Crippen LogP contribution < -0.4 is 14.8 Å². The van der Waals surface area contributed by atoms with E-state index in [0.717, 1.165) is 11.3 Å². The molecule has 5 nitrogen and oxygen atoms in total. The fraction of sp³-hybridized carbons (Fsp3) is 0.263. The Morgan fingerprint density at radius 1 is 1.18 bits per heavy atom. The largest absolute Gasteiger partial charge is 0.573 e. The lowest BCUT2D eigenvalue weighted by molar-refractivity contribution is -0.274. The second-order valence-electron chi connectivity index (χ2n) is 6.27. The van der Waals surface area contributed by atoms with Gasteiger partial charge in [-0.1, -0.05) is 12.1 Å². The maximum absolute atomic E-state index is 12.5. The zero-order valence-electron chi connectivity index (χ0n) is 14.6. The van der Waals surface area contributed by atoms with Crippen molar-refractivity contribution in [2.45, 2.75) is 24.9 Å². The summed E-state index contributed by atoms with van der Waals surface area (Å²) >= 11 is 1.36. The Bertz CT molecular complexity index is 932. The number of hydrogen-bond acceptors (Lipinski definition) is 6. The molecule has 3 aromatic rings. The Morgan fingerprint density at radius 2 is 2.00 bits per heavy atom. The molecule has 0 fully saturated rings. The molecule has 1 aromatic carbocycles. The van der Waals surface area contributed by atoms with Crippen LogP contribution in [0.1, 0.15) is 23.4 Å². The van der Waals surface area contributed by atoms with Crippen molar-refractivity contribution in [3.05, 3.63) is 71.0 Å². The standard InChI is InChI=1S/C19H16F3N3O2S/c20-19(21,22)27-15-5-3-13(4-6-15)18(24-12-14-7-11-28-25-14)8-10-26-16-2-1-9-23-17(16)18/h1-7,9,11,24H,8,10,12H2. The first-order chi connectivity index (χ1) is 13.5. The van der Waals surface area contributed by atoms with E-state index >= 15 is 0 Å². The van der Waals surface area contributed by atoms with Crippen LogP contribution >= 0.6 is 11.5 Å². The molecular formula is C19H16F3N3O2S. The Labute approximate surface area is 163 Å². The number of pyridine rings is 1. The average Bonchev–Trinajstić information content (AvgIpc) is 3.19. The van der Waals surface area contributed by atoms with Crippen LogP contribution in [0.3, 0.4) is 0 Å². The van der Waals surface area contributed by atoms with Crippen LogP contribution in [0.15, 0.2) is 54.0 Å². The van der Waals surface area contributed by atoms with E-state index < -0.39 is 11.9 Å². The minimum Gasteiger partial charge on any atom is -0.491 e. The van der Waals surface area contributed by atoms with Gasteiger partial charge in [-0.2, -0.15) is 4.37 Å². The van der Waals surface area contributed by atoms with Gasteiger partial charge in [0, 0.05) is 24.5 Å². The van der Waals surface area contributed by atoms with Crippen molar-refractivity contribution >= 4 is 11.5 Å². The van der Waals surface area contributed by atoms with E-state index in [1.807, 2.05) is 17.5 Å². The first kappa shape index (κ1) is 18.7. The van der Waals surface area contributed by atoms with Gasteiger partial charge in [-0.25, -0.2) is 0 Å². The van der Waals surface area contributed by atoms with Gasteiger partial charge in [0.25, 0.3) is 0 Å². The predicted molar refractivity (Wildman–Crippen MR) is 97.2 cm³/mol. The summed E-state index contributed by atoms with van der Waals surface area (Å²) in [5, 5.41) is 5.41. The van der Waals surface area contributed by atoms with Gasteiger partial charge in [0.15, 0.2) is 0 Å². The van der Waals surface area contributed by atoms with Crippen LogP contribution in [0.25, 0.3) is 0 Å². The average molecular weight is 407 g/mol. The molecule has 0 amide bonds. The lowest BCUT2D eigenvalue weighted by atomic mass is 9.81. The van der Waals surface area contributed by atoms with E-state index in [1.165, 1.54) is 23.7 Å². The third-order valence-electron chi connectivity index (χ3n) is 4.55. The molecule has 0 spiro atoms. The predicted octanol–water partition coefficient (Wildman–Crippen LogP) is 4.25. The maximum Gasteiger partial charge on any atom is 0.573 e. The van der Waals surface area contributed by atoms with Crippen LogP contribution in [0.2, 0.25) is 0 Å². The Morgan fingerprint density at radius 3 is 2.71 bits per heavy atom. The third kappa shape index (κ3) is 3.81. The van der Waals surface area contributed by atoms with Crippen LogP contribution in [0, 0.1) is 0 Å². The molecule has 0 saturated heterocycles. The summed E-state index contributed by atoms with van der Waals surface area (Å²) in [6.45, 7) is 0.934. The number of nitrogens with one attached hydrogen (secondary N) is 1. The molecule has 1 atom stereocenters. The number of ether oxygens (including phenoxy) is 2. The lowest BCUT2D eigenvalue weighted by Crippen LogP contribution is -2.47. The Kier molecular flexibility index (Phi) is 4.94. The Balaban J connectivity index is 1.72. The normalized spacial score (nSPS) is 19.0. The molecule has 0 bridgehead atoms. The van der Waals surface area contributed by atoms with Crippen molar-refractivity contribution in [1.29, 1.82) is 0 Å². The summed E-state index contributed by atoms with van der Waals surface area (Å²) in [5.41, 5.74) is 1.64. The molecule has 1 unspecified atom stereocenters. The topological polar surface area (TPSA) is 56.3 Å². The molecule has 1 aliphatic rings. The number of hydrogen-bond donors (Lipinski definition) is 1. The zero-order valence-corrected chi connectivity index (χ0v) is 15.4. The third-order valence-corrected chi connectivity index (χ3v) is 5.15. The first-order valence-corrected chi connectivity index (χ1v) is 9.39. The van der Waals surface area contributed by atoms with Crippen LogP contribution in [-0.2, 0) is 12.1 Å². The van der Waals surface area contributed by atoms with Crippen molar-refractivity contribution < 1.29 is 22.6 Å². The molecule has 0 aliphatic carbocycles. The van der Waals surface area contributed by atoms with E-state index in [2.05, 4.69) is 19.4 Å². The summed E-state index contributed by atoms with van der Waals surface area (Å²) in [4.78, 5) is 4.51. The van der Waals surface area contributed by atoms with Crippen LogP contribution in [0.5, 0.6) is 11.5 Å². The zero-order chi connectivity index (χ0) is 19.6. The molecule has 28 heavy (non-hydrogen) atoms. The van der Waals surface area contributed by atoms with E-state index in [9.17, 15) is 13.2 Å². The van der Waals surface area contributed by atoms with Gasteiger partial charge in [-0.15, -0.1) is 13.2 Å². The molecule has 0 saturated carbocycles. The minimum absolute atomic E-state index is 0.265. The molecule has 9 heteroatoms. The lowest BCUT2D eigenvalue weighted by Gasteiger charge is -2.39.